The number of nitrogens with zero attached hydrogens (tertiary/aromatic N) is 2. The molecule has 0 saturated carbocycles. The molecule has 4 nitrogen and oxygen atoms in total. The number of carbonyl (C=O) groups is 1. The molecule has 0 radical (unpaired) electrons. The zero-order valence-corrected chi connectivity index (χ0v) is 16.8. The Balaban J connectivity index is 2.00. The standard InChI is InChI=1S/C21H21ClN2O2S/c1-3-10-23-21-24(17-7-5-6-16(22)13-17)20(26)19(27-21)12-14-8-9-18(25)15(4-2)11-14/h5-9,11-13,25H,3-4,10H2,1-2H3/b19-12-,23-21?. The van der Waals surface area contributed by atoms with Gasteiger partial charge in [0.1, 0.15) is 5.75 Å². The SMILES string of the molecule is CCCN=C1S/C(=C\c2ccc(O)c(CC)c2)C(=O)N1c1cccc(Cl)c1. The van der Waals surface area contributed by atoms with Gasteiger partial charge in [-0.15, -0.1) is 0 Å². The fraction of sp³-hybridized carbons (Fsp3) is 0.238. The Morgan fingerprint density at radius 1 is 1.22 bits per heavy atom. The van der Waals surface area contributed by atoms with Crippen molar-refractivity contribution in [1.82, 2.24) is 0 Å². The number of aryl methyl sites for hydroxylation is 1. The molecule has 1 amide bonds. The number of phenols is 1. The van der Waals surface area contributed by atoms with Crippen LogP contribution in [0.1, 0.15) is 31.4 Å². The van der Waals surface area contributed by atoms with Gasteiger partial charge in [0.15, 0.2) is 5.17 Å². The second-order valence-corrected chi connectivity index (χ2v) is 7.58. The van der Waals surface area contributed by atoms with E-state index < -0.39 is 0 Å². The summed E-state index contributed by atoms with van der Waals surface area (Å²) in [5, 5.41) is 11.1. The fourth-order valence-corrected chi connectivity index (χ4v) is 3.95. The van der Waals surface area contributed by atoms with E-state index in [1.165, 1.54) is 11.8 Å². The van der Waals surface area contributed by atoms with Crippen molar-refractivity contribution >= 4 is 46.2 Å². The van der Waals surface area contributed by atoms with Crippen LogP contribution in [0.25, 0.3) is 6.08 Å². The number of amides is 1. The van der Waals surface area contributed by atoms with Crippen molar-refractivity contribution in [3.05, 3.63) is 63.5 Å². The zero-order chi connectivity index (χ0) is 19.4. The lowest BCUT2D eigenvalue weighted by molar-refractivity contribution is -0.113. The number of rotatable bonds is 5. The lowest BCUT2D eigenvalue weighted by Gasteiger charge is -2.15. The number of phenolic OH excluding ortho intramolecular Hbond substituents is 1. The van der Waals surface area contributed by atoms with Gasteiger partial charge in [-0.05, 0) is 72.1 Å². The molecule has 3 rings (SSSR count). The highest BCUT2D eigenvalue weighted by Crippen LogP contribution is 2.37. The van der Waals surface area contributed by atoms with Crippen molar-refractivity contribution in [2.24, 2.45) is 4.99 Å². The first-order valence-corrected chi connectivity index (χ1v) is 10.1. The number of benzene rings is 2. The molecule has 140 valence electrons. The first-order chi connectivity index (χ1) is 13.0. The Hall–Kier alpha value is -2.24. The highest BCUT2D eigenvalue weighted by molar-refractivity contribution is 8.19. The first-order valence-electron chi connectivity index (χ1n) is 8.89. The molecule has 1 heterocycles. The number of hydrogen-bond acceptors (Lipinski definition) is 4. The first kappa shape index (κ1) is 19.5. The Kier molecular flexibility index (Phi) is 6.24. The smallest absolute Gasteiger partial charge is 0.271 e. The molecule has 2 aromatic carbocycles. The second-order valence-electron chi connectivity index (χ2n) is 6.14. The maximum absolute atomic E-state index is 13.1. The summed E-state index contributed by atoms with van der Waals surface area (Å²) in [7, 11) is 0. The van der Waals surface area contributed by atoms with E-state index in [2.05, 4.69) is 11.9 Å². The summed E-state index contributed by atoms with van der Waals surface area (Å²) in [6.45, 7) is 4.69. The van der Waals surface area contributed by atoms with Crippen LogP contribution in [0.3, 0.4) is 0 Å². The van der Waals surface area contributed by atoms with Crippen LogP contribution in [0.4, 0.5) is 5.69 Å². The Bertz CT molecular complexity index is 924. The molecule has 0 spiro atoms. The summed E-state index contributed by atoms with van der Waals surface area (Å²) >= 11 is 7.48. The normalized spacial score (nSPS) is 17.3. The molecular formula is C21H21ClN2O2S. The number of thioether (sulfide) groups is 1. The van der Waals surface area contributed by atoms with Crippen molar-refractivity contribution in [1.29, 1.82) is 0 Å². The minimum atomic E-state index is -0.122. The third kappa shape index (κ3) is 4.37. The van der Waals surface area contributed by atoms with E-state index >= 15 is 0 Å². The largest absolute Gasteiger partial charge is 0.508 e. The molecular weight excluding hydrogens is 380 g/mol. The average Bonchev–Trinajstić information content (AvgIpc) is 2.97. The van der Waals surface area contributed by atoms with E-state index in [-0.39, 0.29) is 11.7 Å². The summed E-state index contributed by atoms with van der Waals surface area (Å²) in [4.78, 5) is 19.9. The maximum Gasteiger partial charge on any atom is 0.271 e. The molecule has 2 aromatic rings. The number of anilines is 1. The molecule has 0 unspecified atom stereocenters. The van der Waals surface area contributed by atoms with Crippen molar-refractivity contribution in [2.75, 3.05) is 11.4 Å². The minimum absolute atomic E-state index is 0.122. The predicted molar refractivity (Wildman–Crippen MR) is 115 cm³/mol. The number of aromatic hydroxyl groups is 1. The van der Waals surface area contributed by atoms with Gasteiger partial charge in [0.25, 0.3) is 5.91 Å². The van der Waals surface area contributed by atoms with Gasteiger partial charge >= 0.3 is 0 Å². The summed E-state index contributed by atoms with van der Waals surface area (Å²) in [5.74, 6) is 0.152. The molecule has 1 fully saturated rings. The summed E-state index contributed by atoms with van der Waals surface area (Å²) in [6.07, 6.45) is 3.47. The molecule has 6 heteroatoms. The average molecular weight is 401 g/mol. The van der Waals surface area contributed by atoms with E-state index in [0.717, 1.165) is 24.0 Å². The minimum Gasteiger partial charge on any atom is -0.508 e. The summed E-state index contributed by atoms with van der Waals surface area (Å²) in [6, 6.07) is 12.6. The van der Waals surface area contributed by atoms with Crippen LogP contribution in [0.5, 0.6) is 5.75 Å². The highest BCUT2D eigenvalue weighted by Gasteiger charge is 2.34. The van der Waals surface area contributed by atoms with Gasteiger partial charge in [0.2, 0.25) is 0 Å². The summed E-state index contributed by atoms with van der Waals surface area (Å²) < 4.78 is 0. The van der Waals surface area contributed by atoms with E-state index in [1.807, 2.05) is 31.2 Å². The van der Waals surface area contributed by atoms with Gasteiger partial charge in [0.05, 0.1) is 10.6 Å². The molecule has 27 heavy (non-hydrogen) atoms. The lowest BCUT2D eigenvalue weighted by Crippen LogP contribution is -2.29. The van der Waals surface area contributed by atoms with Crippen LogP contribution in [-0.2, 0) is 11.2 Å². The zero-order valence-electron chi connectivity index (χ0n) is 15.3. The molecule has 1 aliphatic rings. The summed E-state index contributed by atoms with van der Waals surface area (Å²) in [5.41, 5.74) is 2.44. The quantitative estimate of drug-likeness (QED) is 0.674. The number of hydrogen-bond donors (Lipinski definition) is 1. The van der Waals surface area contributed by atoms with Crippen molar-refractivity contribution in [2.45, 2.75) is 26.7 Å². The van der Waals surface area contributed by atoms with E-state index in [1.54, 1.807) is 29.2 Å². The number of aliphatic imine (C=N–C) groups is 1. The monoisotopic (exact) mass is 400 g/mol. The van der Waals surface area contributed by atoms with Gasteiger partial charge < -0.3 is 5.11 Å². The van der Waals surface area contributed by atoms with Crippen molar-refractivity contribution in [3.63, 3.8) is 0 Å². The molecule has 0 atom stereocenters. The highest BCUT2D eigenvalue weighted by atomic mass is 35.5. The Labute approximate surface area is 168 Å². The van der Waals surface area contributed by atoms with E-state index in [4.69, 9.17) is 11.6 Å². The van der Waals surface area contributed by atoms with Crippen LogP contribution in [0.2, 0.25) is 5.02 Å². The number of amidine groups is 1. The predicted octanol–water partition coefficient (Wildman–Crippen LogP) is 5.49. The lowest BCUT2D eigenvalue weighted by atomic mass is 10.1. The van der Waals surface area contributed by atoms with Crippen LogP contribution >= 0.6 is 23.4 Å². The van der Waals surface area contributed by atoms with Gasteiger partial charge in [-0.3, -0.25) is 14.7 Å². The number of halogens is 1. The second kappa shape index (κ2) is 8.63. The van der Waals surface area contributed by atoms with Crippen LogP contribution in [-0.4, -0.2) is 22.7 Å². The van der Waals surface area contributed by atoms with Gasteiger partial charge in [-0.25, -0.2) is 0 Å². The topological polar surface area (TPSA) is 52.9 Å². The third-order valence-electron chi connectivity index (χ3n) is 4.13. The number of carbonyl (C=O) groups excluding carboxylic acids is 1. The molecule has 1 saturated heterocycles. The van der Waals surface area contributed by atoms with Gasteiger partial charge in [-0.2, -0.15) is 0 Å². The molecule has 0 aromatic heterocycles. The van der Waals surface area contributed by atoms with Crippen molar-refractivity contribution < 1.29 is 9.90 Å². The molecule has 1 aliphatic heterocycles. The maximum atomic E-state index is 13.1. The van der Waals surface area contributed by atoms with E-state index in [0.29, 0.717) is 27.3 Å². The van der Waals surface area contributed by atoms with Gasteiger partial charge in [0, 0.05) is 11.6 Å². The fourth-order valence-electron chi connectivity index (χ4n) is 2.76. The third-order valence-corrected chi connectivity index (χ3v) is 5.37. The Morgan fingerprint density at radius 2 is 2.04 bits per heavy atom. The Morgan fingerprint density at radius 3 is 2.74 bits per heavy atom. The molecule has 0 bridgehead atoms. The molecule has 0 aliphatic carbocycles. The van der Waals surface area contributed by atoms with Gasteiger partial charge in [-0.1, -0.05) is 37.6 Å². The van der Waals surface area contributed by atoms with Crippen LogP contribution < -0.4 is 4.90 Å². The van der Waals surface area contributed by atoms with Crippen molar-refractivity contribution in [3.8, 4) is 5.75 Å². The van der Waals surface area contributed by atoms with Crippen LogP contribution in [0.15, 0.2) is 52.4 Å². The van der Waals surface area contributed by atoms with E-state index in [9.17, 15) is 9.90 Å². The van der Waals surface area contributed by atoms with Crippen LogP contribution in [0, 0.1) is 0 Å². The molecule has 1 N–H and O–H groups in total.